The van der Waals surface area contributed by atoms with E-state index < -0.39 is 0 Å². The molecule has 3 aromatic heterocycles. The summed E-state index contributed by atoms with van der Waals surface area (Å²) in [6, 6.07) is 62.8. The van der Waals surface area contributed by atoms with Crippen molar-refractivity contribution in [1.82, 2.24) is 19.9 Å². The molecule has 0 N–H and O–H groups in total. The number of benzene rings is 8. The van der Waals surface area contributed by atoms with Gasteiger partial charge in [-0.25, -0.2) is 19.9 Å². The van der Waals surface area contributed by atoms with Gasteiger partial charge in [-0.2, -0.15) is 0 Å². The SMILES string of the molecule is c1ccc(-c2ccc(-c3nc(-c4ccc5ccccc5c4-c4ccccc4)nc(-c4c5oc(-c6ccccc6)nc5cc5sc6ccccc6c45)n3)cc2)cc1. The molecule has 56 heavy (non-hydrogen) atoms. The van der Waals surface area contributed by atoms with E-state index in [1.807, 2.05) is 42.5 Å². The lowest BCUT2D eigenvalue weighted by molar-refractivity contribution is 0.621. The van der Waals surface area contributed by atoms with E-state index in [2.05, 4.69) is 140 Å². The maximum Gasteiger partial charge on any atom is 0.227 e. The van der Waals surface area contributed by atoms with E-state index in [1.54, 1.807) is 11.3 Å². The molecule has 0 aliphatic rings. The Hall–Kier alpha value is -7.28. The minimum Gasteiger partial charge on any atom is -0.435 e. The Labute approximate surface area is 326 Å². The molecule has 5 nitrogen and oxygen atoms in total. The summed E-state index contributed by atoms with van der Waals surface area (Å²) in [6.45, 7) is 0. The first-order valence-electron chi connectivity index (χ1n) is 18.6. The van der Waals surface area contributed by atoms with E-state index in [4.69, 9.17) is 24.4 Å². The molecule has 11 rings (SSSR count). The summed E-state index contributed by atoms with van der Waals surface area (Å²) in [7, 11) is 0. The molecule has 11 aromatic rings. The Kier molecular flexibility index (Phi) is 7.60. The first-order valence-corrected chi connectivity index (χ1v) is 19.4. The van der Waals surface area contributed by atoms with Crippen LogP contribution in [0.2, 0.25) is 0 Å². The average Bonchev–Trinajstić information content (AvgIpc) is 3.87. The smallest absolute Gasteiger partial charge is 0.227 e. The maximum atomic E-state index is 6.77. The molecule has 0 aliphatic heterocycles. The van der Waals surface area contributed by atoms with Crippen LogP contribution in [0.15, 0.2) is 186 Å². The van der Waals surface area contributed by atoms with Crippen LogP contribution in [0.4, 0.5) is 0 Å². The summed E-state index contributed by atoms with van der Waals surface area (Å²) in [5, 5.41) is 4.43. The number of oxazole rings is 1. The van der Waals surface area contributed by atoms with Gasteiger partial charge in [0.15, 0.2) is 23.1 Å². The largest absolute Gasteiger partial charge is 0.435 e. The average molecular weight is 735 g/mol. The lowest BCUT2D eigenvalue weighted by Crippen LogP contribution is -2.02. The zero-order valence-corrected chi connectivity index (χ0v) is 30.7. The minimum atomic E-state index is 0.527. The zero-order chi connectivity index (χ0) is 37.0. The molecule has 262 valence electrons. The fraction of sp³-hybridized carbons (Fsp3) is 0. The van der Waals surface area contributed by atoms with Gasteiger partial charge in [0.1, 0.15) is 5.52 Å². The van der Waals surface area contributed by atoms with Gasteiger partial charge in [0.2, 0.25) is 5.89 Å². The predicted molar refractivity (Wildman–Crippen MR) is 230 cm³/mol. The van der Waals surface area contributed by atoms with Crippen LogP contribution >= 0.6 is 11.3 Å². The number of fused-ring (bicyclic) bond motifs is 5. The molecule has 0 atom stereocenters. The Bertz CT molecular complexity index is 3230. The normalized spacial score (nSPS) is 11.6. The number of nitrogens with zero attached hydrogens (tertiary/aromatic N) is 4. The minimum absolute atomic E-state index is 0.527. The third-order valence-corrected chi connectivity index (χ3v) is 11.5. The molecule has 3 heterocycles. The summed E-state index contributed by atoms with van der Waals surface area (Å²) < 4.78 is 9.03. The molecule has 0 radical (unpaired) electrons. The highest BCUT2D eigenvalue weighted by molar-refractivity contribution is 7.26. The fourth-order valence-corrected chi connectivity index (χ4v) is 8.89. The molecule has 0 saturated heterocycles. The summed E-state index contributed by atoms with van der Waals surface area (Å²) >= 11 is 1.74. The van der Waals surface area contributed by atoms with Crippen molar-refractivity contribution in [1.29, 1.82) is 0 Å². The Morgan fingerprint density at radius 2 is 0.982 bits per heavy atom. The molecule has 0 saturated carbocycles. The van der Waals surface area contributed by atoms with Crippen molar-refractivity contribution in [3.8, 4) is 67.9 Å². The van der Waals surface area contributed by atoms with Crippen molar-refractivity contribution in [3.63, 3.8) is 0 Å². The monoisotopic (exact) mass is 734 g/mol. The van der Waals surface area contributed by atoms with E-state index in [-0.39, 0.29) is 0 Å². The fourth-order valence-electron chi connectivity index (χ4n) is 7.74. The lowest BCUT2D eigenvalue weighted by atomic mass is 9.93. The van der Waals surface area contributed by atoms with Gasteiger partial charge < -0.3 is 4.42 Å². The van der Waals surface area contributed by atoms with Crippen molar-refractivity contribution >= 4 is 53.4 Å². The second-order valence-electron chi connectivity index (χ2n) is 13.8. The number of thiophene rings is 1. The van der Waals surface area contributed by atoms with Crippen LogP contribution in [-0.2, 0) is 0 Å². The quantitative estimate of drug-likeness (QED) is 0.170. The highest BCUT2D eigenvalue weighted by Gasteiger charge is 2.25. The second-order valence-corrected chi connectivity index (χ2v) is 14.9. The van der Waals surface area contributed by atoms with E-state index in [9.17, 15) is 0 Å². The molecule has 0 bridgehead atoms. The highest BCUT2D eigenvalue weighted by Crippen LogP contribution is 2.45. The van der Waals surface area contributed by atoms with E-state index in [0.29, 0.717) is 28.9 Å². The second kappa shape index (κ2) is 13.2. The van der Waals surface area contributed by atoms with Crippen molar-refractivity contribution < 1.29 is 4.42 Å². The van der Waals surface area contributed by atoms with Crippen LogP contribution in [-0.4, -0.2) is 19.9 Å². The predicted octanol–water partition coefficient (Wildman–Crippen LogP) is 13.5. The number of aromatic nitrogens is 4. The lowest BCUT2D eigenvalue weighted by Gasteiger charge is -2.15. The van der Waals surface area contributed by atoms with Gasteiger partial charge in [-0.1, -0.05) is 152 Å². The molecule has 8 aromatic carbocycles. The molecule has 0 aliphatic carbocycles. The first kappa shape index (κ1) is 32.2. The van der Waals surface area contributed by atoms with Gasteiger partial charge in [0.25, 0.3) is 0 Å². The van der Waals surface area contributed by atoms with Crippen molar-refractivity contribution in [2.75, 3.05) is 0 Å². The van der Waals surface area contributed by atoms with Crippen LogP contribution in [0.3, 0.4) is 0 Å². The van der Waals surface area contributed by atoms with Gasteiger partial charge in [-0.05, 0) is 57.8 Å². The van der Waals surface area contributed by atoms with Crippen LogP contribution in [0, 0.1) is 0 Å². The maximum absolute atomic E-state index is 6.77. The number of hydrogen-bond acceptors (Lipinski definition) is 6. The van der Waals surface area contributed by atoms with Crippen LogP contribution in [0.1, 0.15) is 0 Å². The summed E-state index contributed by atoms with van der Waals surface area (Å²) in [5.41, 5.74) is 9.34. The van der Waals surface area contributed by atoms with Crippen LogP contribution < -0.4 is 0 Å². The Morgan fingerprint density at radius 3 is 1.75 bits per heavy atom. The van der Waals surface area contributed by atoms with Gasteiger partial charge in [0.05, 0.1) is 5.56 Å². The number of rotatable bonds is 6. The van der Waals surface area contributed by atoms with Gasteiger partial charge in [0, 0.05) is 42.4 Å². The van der Waals surface area contributed by atoms with E-state index >= 15 is 0 Å². The van der Waals surface area contributed by atoms with Crippen molar-refractivity contribution in [3.05, 3.63) is 182 Å². The highest BCUT2D eigenvalue weighted by atomic mass is 32.1. The molecular formula is C50H30N4OS. The standard InChI is InChI=1S/C50H30N4OS/c1-4-14-31(15-5-1)32-24-26-35(27-25-32)47-52-48(39-29-28-33-16-10-11-21-37(33)43(39)34-17-6-2-7-18-34)54-49(53-47)45-44-38-22-12-13-23-41(38)56-42(44)30-40-46(45)55-50(51-40)36-19-8-3-9-20-36/h1-30H. The Morgan fingerprint density at radius 1 is 0.393 bits per heavy atom. The third-order valence-electron chi connectivity index (χ3n) is 10.4. The van der Waals surface area contributed by atoms with Gasteiger partial charge in [-0.15, -0.1) is 11.3 Å². The summed E-state index contributed by atoms with van der Waals surface area (Å²) in [6.07, 6.45) is 0. The van der Waals surface area contributed by atoms with Crippen molar-refractivity contribution in [2.24, 2.45) is 0 Å². The third kappa shape index (κ3) is 5.46. The molecule has 6 heteroatoms. The zero-order valence-electron chi connectivity index (χ0n) is 29.9. The van der Waals surface area contributed by atoms with E-state index in [0.717, 1.165) is 76.3 Å². The van der Waals surface area contributed by atoms with E-state index in [1.165, 1.54) is 4.70 Å². The van der Waals surface area contributed by atoms with Gasteiger partial charge in [-0.3, -0.25) is 0 Å². The first-order chi connectivity index (χ1) is 27.7. The summed E-state index contributed by atoms with van der Waals surface area (Å²) in [4.78, 5) is 21.1. The van der Waals surface area contributed by atoms with Crippen LogP contribution in [0.5, 0.6) is 0 Å². The van der Waals surface area contributed by atoms with Crippen LogP contribution in [0.25, 0.3) is 110 Å². The summed E-state index contributed by atoms with van der Waals surface area (Å²) in [5.74, 6) is 2.23. The molecule has 0 spiro atoms. The van der Waals surface area contributed by atoms with Gasteiger partial charge >= 0.3 is 0 Å². The number of hydrogen-bond donors (Lipinski definition) is 0. The molecule has 0 fully saturated rings. The Balaban J connectivity index is 1.22. The van der Waals surface area contributed by atoms with Crippen molar-refractivity contribution in [2.45, 2.75) is 0 Å². The molecular weight excluding hydrogens is 705 g/mol. The topological polar surface area (TPSA) is 64.7 Å². The molecule has 0 amide bonds. The molecule has 0 unspecified atom stereocenters.